The Morgan fingerprint density at radius 2 is 2.10 bits per heavy atom. The van der Waals surface area contributed by atoms with Gasteiger partial charge in [-0.05, 0) is 19.3 Å². The van der Waals surface area contributed by atoms with E-state index in [-0.39, 0.29) is 12.1 Å². The van der Waals surface area contributed by atoms with Gasteiger partial charge in [-0.15, -0.1) is 5.10 Å². The summed E-state index contributed by atoms with van der Waals surface area (Å²) in [5.74, 6) is 0. The van der Waals surface area contributed by atoms with Gasteiger partial charge in [0.15, 0.2) is 0 Å². The largest absolute Gasteiger partial charge is 0.388 e. The molecule has 3 rings (SSSR count). The van der Waals surface area contributed by atoms with Gasteiger partial charge in [-0.25, -0.2) is 4.68 Å². The highest BCUT2D eigenvalue weighted by Gasteiger charge is 2.13. The highest BCUT2D eigenvalue weighted by Crippen LogP contribution is 2.17. The first kappa shape index (κ1) is 13.0. The summed E-state index contributed by atoms with van der Waals surface area (Å²) in [6.45, 7) is 2.25. The number of nitrogens with zero attached hydrogens (tertiary/aromatic N) is 5. The van der Waals surface area contributed by atoms with Crippen LogP contribution in [0, 0.1) is 0 Å². The number of nitrogens with two attached hydrogens (primary N) is 1. The van der Waals surface area contributed by atoms with E-state index in [0.717, 1.165) is 30.3 Å². The number of hydrogen-bond acceptors (Lipinski definition) is 7. The minimum absolute atomic E-state index is 0.138. The predicted octanol–water partition coefficient (Wildman–Crippen LogP) is 0.716. The van der Waals surface area contributed by atoms with Crippen LogP contribution in [0.2, 0.25) is 0 Å². The summed E-state index contributed by atoms with van der Waals surface area (Å²) in [4.78, 5) is 14.3. The summed E-state index contributed by atoms with van der Waals surface area (Å²) >= 11 is 1.12. The molecule has 20 heavy (non-hydrogen) atoms. The van der Waals surface area contributed by atoms with Crippen LogP contribution in [0.1, 0.15) is 25.0 Å². The smallest absolute Gasteiger partial charge is 0.269 e. The number of nitrogen functional groups attached to an aromatic ring is 1. The zero-order valence-electron chi connectivity index (χ0n) is 11.0. The molecule has 0 saturated carbocycles. The summed E-state index contributed by atoms with van der Waals surface area (Å²) in [6, 6.07) is 1.63. The summed E-state index contributed by atoms with van der Waals surface area (Å²) in [5, 5.41) is 8.64. The van der Waals surface area contributed by atoms with Crippen LogP contribution in [-0.4, -0.2) is 32.5 Å². The number of piperidine rings is 1. The quantitative estimate of drug-likeness (QED) is 0.896. The molecule has 1 aliphatic rings. The van der Waals surface area contributed by atoms with Gasteiger partial charge in [0.25, 0.3) is 5.56 Å². The van der Waals surface area contributed by atoms with Crippen LogP contribution < -0.4 is 16.2 Å². The lowest BCUT2D eigenvalue weighted by Gasteiger charge is -2.28. The molecule has 1 aliphatic heterocycles. The van der Waals surface area contributed by atoms with Gasteiger partial charge in [0.2, 0.25) is 0 Å². The van der Waals surface area contributed by atoms with Crippen molar-refractivity contribution in [2.45, 2.75) is 25.8 Å². The van der Waals surface area contributed by atoms with E-state index in [1.165, 1.54) is 23.9 Å². The third-order valence-electron chi connectivity index (χ3n) is 3.46. The van der Waals surface area contributed by atoms with Crippen LogP contribution in [0.15, 0.2) is 17.1 Å². The van der Waals surface area contributed by atoms with Crippen molar-refractivity contribution in [3.8, 4) is 0 Å². The van der Waals surface area contributed by atoms with Crippen molar-refractivity contribution in [1.82, 2.24) is 19.4 Å². The summed E-state index contributed by atoms with van der Waals surface area (Å²) in [5.41, 5.74) is 7.08. The molecule has 0 unspecified atom stereocenters. The predicted molar refractivity (Wildman–Crippen MR) is 78.0 cm³/mol. The van der Waals surface area contributed by atoms with Crippen molar-refractivity contribution < 1.29 is 0 Å². The second-order valence-corrected chi connectivity index (χ2v) is 5.63. The van der Waals surface area contributed by atoms with Crippen LogP contribution >= 0.6 is 11.5 Å². The molecule has 0 aromatic carbocycles. The van der Waals surface area contributed by atoms with E-state index >= 15 is 0 Å². The Hall–Kier alpha value is -1.96. The Kier molecular flexibility index (Phi) is 3.64. The van der Waals surface area contributed by atoms with Crippen LogP contribution in [0.3, 0.4) is 0 Å². The van der Waals surface area contributed by atoms with Gasteiger partial charge in [0.05, 0.1) is 18.4 Å². The maximum absolute atomic E-state index is 12.1. The molecule has 0 radical (unpaired) electrons. The van der Waals surface area contributed by atoms with Crippen molar-refractivity contribution >= 4 is 22.2 Å². The van der Waals surface area contributed by atoms with Crippen LogP contribution in [0.25, 0.3) is 0 Å². The Bertz CT molecular complexity index is 645. The minimum Gasteiger partial charge on any atom is -0.388 e. The summed E-state index contributed by atoms with van der Waals surface area (Å²) in [7, 11) is 0. The molecular weight excluding hydrogens is 276 g/mol. The van der Waals surface area contributed by atoms with Gasteiger partial charge in [0.1, 0.15) is 10.7 Å². The molecule has 106 valence electrons. The average Bonchev–Trinajstić information content (AvgIpc) is 2.87. The van der Waals surface area contributed by atoms with E-state index in [2.05, 4.69) is 19.6 Å². The van der Waals surface area contributed by atoms with Crippen LogP contribution in [0.5, 0.6) is 0 Å². The first-order valence-corrected chi connectivity index (χ1v) is 7.40. The van der Waals surface area contributed by atoms with Gasteiger partial charge in [-0.1, -0.05) is 4.49 Å². The van der Waals surface area contributed by atoms with Gasteiger partial charge in [-0.2, -0.15) is 5.10 Å². The first-order valence-electron chi connectivity index (χ1n) is 6.63. The molecule has 8 heteroatoms. The Balaban J connectivity index is 1.80. The normalized spacial score (nSPS) is 15.5. The molecule has 2 aromatic rings. The van der Waals surface area contributed by atoms with Gasteiger partial charge in [-0.3, -0.25) is 4.79 Å². The second kappa shape index (κ2) is 5.58. The van der Waals surface area contributed by atoms with E-state index in [9.17, 15) is 4.79 Å². The molecule has 0 atom stereocenters. The van der Waals surface area contributed by atoms with Crippen molar-refractivity contribution in [3.63, 3.8) is 0 Å². The van der Waals surface area contributed by atoms with E-state index in [1.54, 1.807) is 12.3 Å². The van der Waals surface area contributed by atoms with E-state index in [0.29, 0.717) is 10.7 Å². The molecule has 0 aliphatic carbocycles. The fourth-order valence-corrected chi connectivity index (χ4v) is 2.77. The fourth-order valence-electron chi connectivity index (χ4n) is 2.33. The molecule has 0 spiro atoms. The highest BCUT2D eigenvalue weighted by atomic mass is 32.1. The zero-order valence-corrected chi connectivity index (χ0v) is 11.8. The summed E-state index contributed by atoms with van der Waals surface area (Å²) < 4.78 is 5.12. The number of anilines is 2. The minimum atomic E-state index is -0.138. The van der Waals surface area contributed by atoms with Gasteiger partial charge in [0, 0.05) is 30.7 Å². The van der Waals surface area contributed by atoms with Gasteiger partial charge < -0.3 is 10.6 Å². The lowest BCUT2D eigenvalue weighted by molar-refractivity contribution is 0.570. The van der Waals surface area contributed by atoms with E-state index in [1.807, 2.05) is 0 Å². The maximum atomic E-state index is 12.1. The van der Waals surface area contributed by atoms with Crippen molar-refractivity contribution in [2.24, 2.45) is 0 Å². The van der Waals surface area contributed by atoms with Crippen molar-refractivity contribution in [2.75, 3.05) is 23.7 Å². The third kappa shape index (κ3) is 2.64. The number of aromatic nitrogens is 4. The molecule has 3 heterocycles. The Morgan fingerprint density at radius 3 is 2.75 bits per heavy atom. The van der Waals surface area contributed by atoms with Crippen LogP contribution in [-0.2, 0) is 6.54 Å². The Labute approximate surface area is 120 Å². The molecule has 2 aromatic heterocycles. The maximum Gasteiger partial charge on any atom is 0.269 e. The van der Waals surface area contributed by atoms with E-state index < -0.39 is 0 Å². The lowest BCUT2D eigenvalue weighted by Crippen LogP contribution is -2.32. The fraction of sp³-hybridized carbons (Fsp3) is 0.500. The summed E-state index contributed by atoms with van der Waals surface area (Å²) in [6.07, 6.45) is 5.34. The number of hydrogen-bond donors (Lipinski definition) is 1. The molecular formula is C12H16N6OS. The molecule has 7 nitrogen and oxygen atoms in total. The SMILES string of the molecule is Nc1snnc1Cn1ncc(N2CCCCC2)cc1=O. The van der Waals surface area contributed by atoms with Gasteiger partial charge >= 0.3 is 0 Å². The monoisotopic (exact) mass is 292 g/mol. The first-order chi connectivity index (χ1) is 9.74. The molecule has 1 fully saturated rings. The van der Waals surface area contributed by atoms with E-state index in [4.69, 9.17) is 5.73 Å². The third-order valence-corrected chi connectivity index (χ3v) is 4.06. The topological polar surface area (TPSA) is 89.9 Å². The standard InChI is InChI=1S/C12H16N6OS/c13-12-10(15-16-20-12)8-18-11(19)6-9(7-14-18)17-4-2-1-3-5-17/h6-7H,1-5,8,13H2. The average molecular weight is 292 g/mol. The van der Waals surface area contributed by atoms with Crippen molar-refractivity contribution in [3.05, 3.63) is 28.3 Å². The molecule has 1 saturated heterocycles. The zero-order chi connectivity index (χ0) is 13.9. The molecule has 0 bridgehead atoms. The second-order valence-electron chi connectivity index (χ2n) is 4.84. The lowest BCUT2D eigenvalue weighted by atomic mass is 10.1. The Morgan fingerprint density at radius 1 is 1.30 bits per heavy atom. The molecule has 0 amide bonds. The number of rotatable bonds is 3. The van der Waals surface area contributed by atoms with Crippen molar-refractivity contribution in [1.29, 1.82) is 0 Å². The highest BCUT2D eigenvalue weighted by molar-refractivity contribution is 7.09. The molecule has 2 N–H and O–H groups in total. The van der Waals surface area contributed by atoms with Crippen LogP contribution in [0.4, 0.5) is 10.7 Å².